The second-order valence-corrected chi connectivity index (χ2v) is 5.32. The fourth-order valence-electron chi connectivity index (χ4n) is 2.15. The first-order chi connectivity index (χ1) is 9.49. The molecule has 1 aromatic rings. The van der Waals surface area contributed by atoms with Crippen molar-refractivity contribution in [3.8, 4) is 0 Å². The Labute approximate surface area is 121 Å². The second kappa shape index (κ2) is 7.75. The van der Waals surface area contributed by atoms with E-state index >= 15 is 0 Å². The van der Waals surface area contributed by atoms with Gasteiger partial charge < -0.3 is 20.6 Å². The first kappa shape index (κ1) is 16.3. The minimum atomic E-state index is 0.140. The van der Waals surface area contributed by atoms with E-state index in [2.05, 4.69) is 30.0 Å². The third kappa shape index (κ3) is 4.42. The van der Waals surface area contributed by atoms with Gasteiger partial charge in [-0.3, -0.25) is 0 Å². The van der Waals surface area contributed by atoms with Crippen LogP contribution in [0.2, 0.25) is 0 Å². The van der Waals surface area contributed by atoms with Crippen LogP contribution < -0.4 is 10.6 Å². The van der Waals surface area contributed by atoms with E-state index in [4.69, 9.17) is 15.7 Å². The predicted molar refractivity (Wildman–Crippen MR) is 82.6 cm³/mol. The van der Waals surface area contributed by atoms with Crippen LogP contribution in [-0.4, -0.2) is 37.8 Å². The van der Waals surface area contributed by atoms with E-state index < -0.39 is 0 Å². The molecule has 0 aromatic heterocycles. The highest BCUT2D eigenvalue weighted by atomic mass is 16.5. The summed E-state index contributed by atoms with van der Waals surface area (Å²) < 4.78 is 5.17. The fourth-order valence-corrected chi connectivity index (χ4v) is 2.15. The van der Waals surface area contributed by atoms with Crippen molar-refractivity contribution in [2.75, 3.05) is 31.7 Å². The zero-order valence-corrected chi connectivity index (χ0v) is 12.8. The number of ether oxygens (including phenoxy) is 1. The van der Waals surface area contributed by atoms with Gasteiger partial charge in [0.1, 0.15) is 0 Å². The normalized spacial score (nSPS) is 11.9. The highest BCUT2D eigenvalue weighted by Crippen LogP contribution is 2.20. The Balaban J connectivity index is 2.99. The summed E-state index contributed by atoms with van der Waals surface area (Å²) in [6, 6.07) is 5.95. The zero-order chi connectivity index (χ0) is 15.1. The standard InChI is InChI=1S/C15H25N3O2/c1-11(2)10-18(7-8-20-4)13-5-6-14(12(3)9-13)15(16)17-19/h5-6,9,11,19H,7-8,10H2,1-4H3,(H2,16,17). The molecule has 0 aliphatic heterocycles. The van der Waals surface area contributed by atoms with Crippen LogP contribution in [0.1, 0.15) is 25.0 Å². The number of nitrogens with zero attached hydrogens (tertiary/aromatic N) is 2. The van der Waals surface area contributed by atoms with E-state index in [1.54, 1.807) is 7.11 Å². The molecule has 0 radical (unpaired) electrons. The molecule has 0 saturated carbocycles. The van der Waals surface area contributed by atoms with Gasteiger partial charge in [-0.2, -0.15) is 0 Å². The summed E-state index contributed by atoms with van der Waals surface area (Å²) in [6.07, 6.45) is 0. The minimum absolute atomic E-state index is 0.140. The number of rotatable bonds is 7. The van der Waals surface area contributed by atoms with E-state index in [-0.39, 0.29) is 5.84 Å². The Morgan fingerprint density at radius 1 is 1.45 bits per heavy atom. The molecule has 1 aromatic carbocycles. The van der Waals surface area contributed by atoms with E-state index in [0.717, 1.165) is 29.9 Å². The van der Waals surface area contributed by atoms with Crippen LogP contribution in [0.4, 0.5) is 5.69 Å². The minimum Gasteiger partial charge on any atom is -0.409 e. The first-order valence-electron chi connectivity index (χ1n) is 6.82. The van der Waals surface area contributed by atoms with Crippen LogP contribution in [0.5, 0.6) is 0 Å². The Morgan fingerprint density at radius 2 is 2.15 bits per heavy atom. The van der Waals surface area contributed by atoms with Crippen molar-refractivity contribution in [2.45, 2.75) is 20.8 Å². The molecular formula is C15H25N3O2. The molecule has 5 nitrogen and oxygen atoms in total. The largest absolute Gasteiger partial charge is 0.409 e. The highest BCUT2D eigenvalue weighted by Gasteiger charge is 2.11. The maximum atomic E-state index is 8.76. The van der Waals surface area contributed by atoms with Crippen molar-refractivity contribution >= 4 is 11.5 Å². The molecule has 112 valence electrons. The molecule has 5 heteroatoms. The van der Waals surface area contributed by atoms with Crippen molar-refractivity contribution in [3.05, 3.63) is 29.3 Å². The molecule has 1 rings (SSSR count). The summed E-state index contributed by atoms with van der Waals surface area (Å²) in [7, 11) is 1.71. The molecule has 0 bridgehead atoms. The number of amidine groups is 1. The van der Waals surface area contributed by atoms with Gasteiger partial charge >= 0.3 is 0 Å². The number of methoxy groups -OCH3 is 1. The van der Waals surface area contributed by atoms with Crippen molar-refractivity contribution < 1.29 is 9.94 Å². The van der Waals surface area contributed by atoms with Crippen molar-refractivity contribution in [2.24, 2.45) is 16.8 Å². The number of anilines is 1. The molecule has 20 heavy (non-hydrogen) atoms. The lowest BCUT2D eigenvalue weighted by Gasteiger charge is -2.27. The van der Waals surface area contributed by atoms with E-state index in [9.17, 15) is 0 Å². The second-order valence-electron chi connectivity index (χ2n) is 5.32. The van der Waals surface area contributed by atoms with Crippen LogP contribution in [0, 0.1) is 12.8 Å². The summed E-state index contributed by atoms with van der Waals surface area (Å²) in [5.74, 6) is 0.706. The average Bonchev–Trinajstić information content (AvgIpc) is 2.42. The van der Waals surface area contributed by atoms with Gasteiger partial charge in [-0.1, -0.05) is 19.0 Å². The molecule has 0 saturated heterocycles. The topological polar surface area (TPSA) is 71.1 Å². The molecule has 0 amide bonds. The number of hydrogen-bond donors (Lipinski definition) is 2. The van der Waals surface area contributed by atoms with Crippen LogP contribution in [0.3, 0.4) is 0 Å². The lowest BCUT2D eigenvalue weighted by atomic mass is 10.1. The Bertz CT molecular complexity index is 458. The summed E-state index contributed by atoms with van der Waals surface area (Å²) in [5.41, 5.74) is 8.52. The zero-order valence-electron chi connectivity index (χ0n) is 12.8. The number of oxime groups is 1. The smallest absolute Gasteiger partial charge is 0.170 e. The van der Waals surface area contributed by atoms with Gasteiger partial charge in [-0.25, -0.2) is 0 Å². The highest BCUT2D eigenvalue weighted by molar-refractivity contribution is 5.98. The third-order valence-electron chi connectivity index (χ3n) is 3.11. The number of aryl methyl sites for hydroxylation is 1. The van der Waals surface area contributed by atoms with Gasteiger partial charge in [-0.15, -0.1) is 0 Å². The van der Waals surface area contributed by atoms with Crippen LogP contribution in [-0.2, 0) is 4.74 Å². The molecule has 0 spiro atoms. The van der Waals surface area contributed by atoms with E-state index in [0.29, 0.717) is 12.5 Å². The Hall–Kier alpha value is -1.75. The Morgan fingerprint density at radius 3 is 2.65 bits per heavy atom. The van der Waals surface area contributed by atoms with Gasteiger partial charge in [0.25, 0.3) is 0 Å². The summed E-state index contributed by atoms with van der Waals surface area (Å²) in [5, 5.41) is 11.8. The van der Waals surface area contributed by atoms with Gasteiger partial charge in [0.05, 0.1) is 6.61 Å². The maximum absolute atomic E-state index is 8.76. The number of nitrogens with two attached hydrogens (primary N) is 1. The Kier molecular flexibility index (Phi) is 6.31. The van der Waals surface area contributed by atoms with Gasteiger partial charge in [-0.05, 0) is 36.6 Å². The molecule has 3 N–H and O–H groups in total. The lowest BCUT2D eigenvalue weighted by molar-refractivity contribution is 0.204. The molecule has 0 unspecified atom stereocenters. The fraction of sp³-hybridized carbons (Fsp3) is 0.533. The van der Waals surface area contributed by atoms with Crippen molar-refractivity contribution in [3.63, 3.8) is 0 Å². The number of benzene rings is 1. The average molecular weight is 279 g/mol. The van der Waals surface area contributed by atoms with E-state index in [1.807, 2.05) is 19.1 Å². The quantitative estimate of drug-likeness (QED) is 0.347. The van der Waals surface area contributed by atoms with Crippen molar-refractivity contribution in [1.82, 2.24) is 0 Å². The van der Waals surface area contributed by atoms with Crippen LogP contribution in [0.25, 0.3) is 0 Å². The monoisotopic (exact) mass is 279 g/mol. The SMILES string of the molecule is COCCN(CC(C)C)c1ccc(/C(N)=N/O)c(C)c1. The van der Waals surface area contributed by atoms with Crippen LogP contribution in [0.15, 0.2) is 23.4 Å². The summed E-state index contributed by atoms with van der Waals surface area (Å²) in [6.45, 7) is 8.84. The third-order valence-corrected chi connectivity index (χ3v) is 3.11. The molecule has 0 aliphatic carbocycles. The van der Waals surface area contributed by atoms with E-state index in [1.165, 1.54) is 0 Å². The number of hydrogen-bond acceptors (Lipinski definition) is 4. The van der Waals surface area contributed by atoms with Gasteiger partial charge in [0.15, 0.2) is 5.84 Å². The molecule has 0 aliphatic rings. The van der Waals surface area contributed by atoms with Gasteiger partial charge in [0.2, 0.25) is 0 Å². The summed E-state index contributed by atoms with van der Waals surface area (Å²) >= 11 is 0. The lowest BCUT2D eigenvalue weighted by Crippen LogP contribution is -2.31. The molecule has 0 fully saturated rings. The first-order valence-corrected chi connectivity index (χ1v) is 6.82. The maximum Gasteiger partial charge on any atom is 0.170 e. The van der Waals surface area contributed by atoms with Crippen LogP contribution >= 0.6 is 0 Å². The molecular weight excluding hydrogens is 254 g/mol. The predicted octanol–water partition coefficient (Wildman–Crippen LogP) is 2.20. The van der Waals surface area contributed by atoms with Gasteiger partial charge in [0, 0.05) is 31.5 Å². The van der Waals surface area contributed by atoms with Crippen molar-refractivity contribution in [1.29, 1.82) is 0 Å². The summed E-state index contributed by atoms with van der Waals surface area (Å²) in [4.78, 5) is 2.29. The molecule has 0 heterocycles. The molecule has 0 atom stereocenters.